The number of hydrogen-bond donors (Lipinski definition) is 2. The van der Waals surface area contributed by atoms with Crippen molar-refractivity contribution < 1.29 is 14.5 Å². The number of likely N-dealkylation sites (N-methyl/N-ethyl adjacent to an activating group) is 1. The molecule has 1 aliphatic rings. The van der Waals surface area contributed by atoms with Gasteiger partial charge in [0.1, 0.15) is 0 Å². The number of piperidine rings is 1. The van der Waals surface area contributed by atoms with Crippen LogP contribution in [0.1, 0.15) is 53.9 Å². The zero-order valence-electron chi connectivity index (χ0n) is 14.5. The van der Waals surface area contributed by atoms with Crippen LogP contribution in [0.3, 0.4) is 0 Å². The molecule has 1 aliphatic heterocycles. The molecule has 1 unspecified atom stereocenters. The summed E-state index contributed by atoms with van der Waals surface area (Å²) < 4.78 is 0. The number of carbonyl (C=O) groups is 2. The number of amides is 2. The maximum atomic E-state index is 12.5. The fraction of sp³-hybridized carbons (Fsp3) is 0.875. The van der Waals surface area contributed by atoms with Crippen molar-refractivity contribution in [1.82, 2.24) is 10.2 Å². The van der Waals surface area contributed by atoms with Gasteiger partial charge in [-0.15, -0.1) is 0 Å². The molecule has 0 aliphatic carbocycles. The number of rotatable bonds is 4. The lowest BCUT2D eigenvalue weighted by atomic mass is 9.97. The summed E-state index contributed by atoms with van der Waals surface area (Å²) in [5.41, 5.74) is -0.225. The fourth-order valence-electron chi connectivity index (χ4n) is 3.06. The van der Waals surface area contributed by atoms with Crippen LogP contribution < -0.4 is 10.2 Å². The molecule has 5 nitrogen and oxygen atoms in total. The van der Waals surface area contributed by atoms with E-state index in [4.69, 9.17) is 0 Å². The Morgan fingerprint density at radius 1 is 1.14 bits per heavy atom. The van der Waals surface area contributed by atoms with Crippen LogP contribution >= 0.6 is 0 Å². The van der Waals surface area contributed by atoms with Crippen molar-refractivity contribution in [1.29, 1.82) is 0 Å². The van der Waals surface area contributed by atoms with Crippen molar-refractivity contribution in [2.45, 2.75) is 71.5 Å². The van der Waals surface area contributed by atoms with E-state index in [9.17, 15) is 9.59 Å². The Labute approximate surface area is 129 Å². The van der Waals surface area contributed by atoms with Gasteiger partial charge in [0.05, 0.1) is 7.05 Å². The second-order valence-corrected chi connectivity index (χ2v) is 7.54. The topological polar surface area (TPSA) is 53.9 Å². The second kappa shape index (κ2) is 7.25. The van der Waals surface area contributed by atoms with Crippen molar-refractivity contribution in [3.8, 4) is 0 Å². The van der Waals surface area contributed by atoms with Gasteiger partial charge in [0, 0.05) is 17.6 Å². The van der Waals surface area contributed by atoms with E-state index < -0.39 is 0 Å². The average molecular weight is 298 g/mol. The Morgan fingerprint density at radius 2 is 1.67 bits per heavy atom. The van der Waals surface area contributed by atoms with Gasteiger partial charge in [-0.3, -0.25) is 9.59 Å². The van der Waals surface area contributed by atoms with Crippen LogP contribution in [0.15, 0.2) is 0 Å². The maximum absolute atomic E-state index is 12.5. The van der Waals surface area contributed by atoms with Crippen molar-refractivity contribution in [3.05, 3.63) is 0 Å². The molecular weight excluding hydrogens is 266 g/mol. The predicted molar refractivity (Wildman–Crippen MR) is 84.1 cm³/mol. The monoisotopic (exact) mass is 298 g/mol. The van der Waals surface area contributed by atoms with Crippen LogP contribution in [-0.2, 0) is 9.59 Å². The van der Waals surface area contributed by atoms with Gasteiger partial charge in [-0.1, -0.05) is 0 Å². The molecule has 0 saturated carbocycles. The predicted octanol–water partition coefficient (Wildman–Crippen LogP) is 0.205. The van der Waals surface area contributed by atoms with Gasteiger partial charge in [-0.2, -0.15) is 0 Å². The highest BCUT2D eigenvalue weighted by atomic mass is 16.2. The highest BCUT2D eigenvalue weighted by Crippen LogP contribution is 2.21. The van der Waals surface area contributed by atoms with E-state index in [1.807, 2.05) is 32.7 Å². The first-order valence-corrected chi connectivity index (χ1v) is 8.03. The smallest absolute Gasteiger partial charge is 0.278 e. The third-order valence-corrected chi connectivity index (χ3v) is 3.91. The number of likely N-dealkylation sites (tertiary alicyclic amines) is 1. The van der Waals surface area contributed by atoms with Crippen LogP contribution in [0.5, 0.6) is 0 Å². The largest absolute Gasteiger partial charge is 0.347 e. The molecule has 0 radical (unpaired) electrons. The molecule has 1 saturated heterocycles. The van der Waals surface area contributed by atoms with Gasteiger partial charge in [0.2, 0.25) is 0 Å². The Morgan fingerprint density at radius 3 is 2.14 bits per heavy atom. The quantitative estimate of drug-likeness (QED) is 0.779. The average Bonchev–Trinajstić information content (AvgIpc) is 2.24. The number of nitrogens with one attached hydrogen (secondary N) is 2. The SMILES string of the molecule is C[C@H]1CCC[C@H](C)N1C(=O)C[NH+](C)CC(=O)NC(C)(C)C. The van der Waals surface area contributed by atoms with E-state index in [1.54, 1.807) is 0 Å². The lowest BCUT2D eigenvalue weighted by Crippen LogP contribution is -3.11. The first kappa shape index (κ1) is 18.0. The molecule has 2 N–H and O–H groups in total. The number of quaternary nitrogens is 1. The molecular formula is C16H32N3O2+. The van der Waals surface area contributed by atoms with Gasteiger partial charge in [-0.25, -0.2) is 0 Å². The highest BCUT2D eigenvalue weighted by Gasteiger charge is 2.30. The fourth-order valence-corrected chi connectivity index (χ4v) is 3.06. The maximum Gasteiger partial charge on any atom is 0.278 e. The molecule has 5 heteroatoms. The molecule has 0 bridgehead atoms. The molecule has 0 spiro atoms. The summed E-state index contributed by atoms with van der Waals surface area (Å²) in [4.78, 5) is 27.3. The molecule has 122 valence electrons. The first-order chi connectivity index (χ1) is 9.60. The summed E-state index contributed by atoms with van der Waals surface area (Å²) in [6.07, 6.45) is 3.36. The van der Waals surface area contributed by atoms with Crippen molar-refractivity contribution in [2.24, 2.45) is 0 Å². The van der Waals surface area contributed by atoms with E-state index in [1.165, 1.54) is 6.42 Å². The summed E-state index contributed by atoms with van der Waals surface area (Å²) in [6.45, 7) is 10.8. The zero-order valence-corrected chi connectivity index (χ0v) is 14.5. The van der Waals surface area contributed by atoms with Crippen LogP contribution in [-0.4, -0.2) is 54.5 Å². The normalized spacial score (nSPS) is 24.6. The Kier molecular flexibility index (Phi) is 6.20. The zero-order chi connectivity index (χ0) is 16.2. The molecule has 0 aromatic carbocycles. The van der Waals surface area contributed by atoms with Gasteiger partial charge < -0.3 is 15.1 Å². The van der Waals surface area contributed by atoms with Crippen molar-refractivity contribution in [3.63, 3.8) is 0 Å². The first-order valence-electron chi connectivity index (χ1n) is 8.03. The highest BCUT2D eigenvalue weighted by molar-refractivity contribution is 5.79. The third kappa shape index (κ3) is 6.04. The van der Waals surface area contributed by atoms with E-state index in [0.717, 1.165) is 17.7 Å². The lowest BCUT2D eigenvalue weighted by molar-refractivity contribution is -0.863. The Hall–Kier alpha value is -1.10. The molecule has 1 fully saturated rings. The minimum atomic E-state index is -0.225. The summed E-state index contributed by atoms with van der Waals surface area (Å²) in [7, 11) is 1.90. The summed E-state index contributed by atoms with van der Waals surface area (Å²) in [5.74, 6) is 0.156. The van der Waals surface area contributed by atoms with E-state index in [2.05, 4.69) is 19.2 Å². The minimum absolute atomic E-state index is 0.00691. The third-order valence-electron chi connectivity index (χ3n) is 3.91. The molecule has 21 heavy (non-hydrogen) atoms. The molecule has 2 amide bonds. The Bertz CT molecular complexity index is 366. The lowest BCUT2D eigenvalue weighted by Gasteiger charge is -2.39. The molecule has 3 atom stereocenters. The molecule has 1 rings (SSSR count). The van der Waals surface area contributed by atoms with Crippen molar-refractivity contribution in [2.75, 3.05) is 20.1 Å². The minimum Gasteiger partial charge on any atom is -0.347 e. The summed E-state index contributed by atoms with van der Waals surface area (Å²) in [6, 6.07) is 0.634. The number of nitrogens with zero attached hydrogens (tertiary/aromatic N) is 1. The second-order valence-electron chi connectivity index (χ2n) is 7.54. The summed E-state index contributed by atoms with van der Waals surface area (Å²) in [5, 5.41) is 2.94. The van der Waals surface area contributed by atoms with E-state index >= 15 is 0 Å². The van der Waals surface area contributed by atoms with Gasteiger partial charge in [-0.05, 0) is 53.9 Å². The Balaban J connectivity index is 2.48. The van der Waals surface area contributed by atoms with Crippen molar-refractivity contribution >= 4 is 11.8 Å². The number of carbonyl (C=O) groups excluding carboxylic acids is 2. The molecule has 1 heterocycles. The van der Waals surface area contributed by atoms with Gasteiger partial charge >= 0.3 is 0 Å². The van der Waals surface area contributed by atoms with E-state index in [0.29, 0.717) is 25.2 Å². The standard InChI is InChI=1S/C16H31N3O2/c1-12-8-7-9-13(2)19(12)15(21)11-18(6)10-14(20)17-16(3,4)5/h12-13H,7-11H2,1-6H3,(H,17,20)/p+1/t12-,13-/m0/s1. The molecule has 0 aromatic rings. The van der Waals surface area contributed by atoms with Crippen LogP contribution in [0, 0.1) is 0 Å². The van der Waals surface area contributed by atoms with Gasteiger partial charge in [0.15, 0.2) is 13.1 Å². The van der Waals surface area contributed by atoms with E-state index in [-0.39, 0.29) is 17.4 Å². The van der Waals surface area contributed by atoms with Crippen LogP contribution in [0.2, 0.25) is 0 Å². The number of hydrogen-bond acceptors (Lipinski definition) is 2. The van der Waals surface area contributed by atoms with Crippen LogP contribution in [0.25, 0.3) is 0 Å². The summed E-state index contributed by atoms with van der Waals surface area (Å²) >= 11 is 0. The van der Waals surface area contributed by atoms with Gasteiger partial charge in [0.25, 0.3) is 11.8 Å². The molecule has 0 aromatic heterocycles. The van der Waals surface area contributed by atoms with Crippen LogP contribution in [0.4, 0.5) is 0 Å².